The molecule has 1 rings (SSSR count). The Hall–Kier alpha value is -0.460. The van der Waals surface area contributed by atoms with Crippen molar-refractivity contribution in [2.75, 3.05) is 32.5 Å². The zero-order valence-electron chi connectivity index (χ0n) is 11.9. The number of ether oxygens (including phenoxy) is 1. The van der Waals surface area contributed by atoms with Crippen LogP contribution >= 0.6 is 0 Å². The summed E-state index contributed by atoms with van der Waals surface area (Å²) in [7, 11) is -0.816. The molecule has 0 radical (unpaired) electrons. The first-order valence-corrected chi connectivity index (χ1v) is 8.63. The average molecular weight is 290 g/mol. The van der Waals surface area contributed by atoms with Crippen molar-refractivity contribution in [3.8, 4) is 0 Å². The zero-order valence-corrected chi connectivity index (χ0v) is 12.8. The monoisotopic (exact) mass is 290 g/mol. The van der Waals surface area contributed by atoms with E-state index in [0.717, 1.165) is 32.4 Å². The van der Waals surface area contributed by atoms with Gasteiger partial charge in [-0.15, -0.1) is 0 Å². The van der Waals surface area contributed by atoms with Crippen LogP contribution in [0.4, 0.5) is 0 Å². The molecule has 0 aliphatic carbocycles. The maximum Gasteiger partial charge on any atom is 0.222 e. The van der Waals surface area contributed by atoms with Crippen LogP contribution in [-0.4, -0.2) is 54.0 Å². The summed E-state index contributed by atoms with van der Waals surface area (Å²) in [5.74, 6) is 0.0167. The third-order valence-corrected chi connectivity index (χ3v) is 4.78. The topological polar surface area (TPSA) is 67.4 Å². The van der Waals surface area contributed by atoms with Gasteiger partial charge in [-0.1, -0.05) is 6.92 Å². The summed E-state index contributed by atoms with van der Waals surface area (Å²) in [6.45, 7) is 5.02. The van der Waals surface area contributed by atoms with Crippen LogP contribution in [0, 0.1) is 0 Å². The Balaban J connectivity index is 1.99. The van der Waals surface area contributed by atoms with Crippen LogP contribution in [0.3, 0.4) is 0 Å². The lowest BCUT2D eigenvalue weighted by molar-refractivity contribution is -0.122. The highest BCUT2D eigenvalue weighted by molar-refractivity contribution is 7.84. The molecule has 0 bridgehead atoms. The number of hydrogen-bond donors (Lipinski definition) is 2. The van der Waals surface area contributed by atoms with Gasteiger partial charge in [0.2, 0.25) is 5.91 Å². The summed E-state index contributed by atoms with van der Waals surface area (Å²) in [5, 5.41) is 6.25. The molecule has 0 saturated carbocycles. The minimum atomic E-state index is -0.816. The van der Waals surface area contributed by atoms with Gasteiger partial charge in [0.05, 0.1) is 12.7 Å². The van der Waals surface area contributed by atoms with Crippen LogP contribution in [0.1, 0.15) is 32.6 Å². The van der Waals surface area contributed by atoms with Gasteiger partial charge in [-0.05, 0) is 32.4 Å². The van der Waals surface area contributed by atoms with Crippen LogP contribution < -0.4 is 10.6 Å². The lowest BCUT2D eigenvalue weighted by Crippen LogP contribution is -2.33. The lowest BCUT2D eigenvalue weighted by Gasteiger charge is -2.22. The van der Waals surface area contributed by atoms with Crippen molar-refractivity contribution < 1.29 is 13.7 Å². The second-order valence-electron chi connectivity index (χ2n) is 5.02. The van der Waals surface area contributed by atoms with Crippen LogP contribution in [-0.2, 0) is 20.3 Å². The molecule has 0 aromatic rings. The maximum atomic E-state index is 11.6. The quantitative estimate of drug-likeness (QED) is 0.680. The van der Waals surface area contributed by atoms with E-state index in [-0.39, 0.29) is 11.2 Å². The zero-order chi connectivity index (χ0) is 14.1. The standard InChI is InChI=1S/C13H26N2O3S/c1-11(19(2)17)3-9-15-13(16)6-10-18-12-4-7-14-8-5-12/h11-12,14H,3-10H2,1-2H3,(H,15,16). The van der Waals surface area contributed by atoms with E-state index in [1.54, 1.807) is 6.26 Å². The van der Waals surface area contributed by atoms with Gasteiger partial charge in [-0.25, -0.2) is 0 Å². The molecule has 0 aromatic heterocycles. The first kappa shape index (κ1) is 16.6. The van der Waals surface area contributed by atoms with Crippen molar-refractivity contribution in [1.29, 1.82) is 0 Å². The second kappa shape index (κ2) is 9.44. The van der Waals surface area contributed by atoms with E-state index in [2.05, 4.69) is 10.6 Å². The predicted octanol–water partition coefficient (Wildman–Crippen LogP) is 0.418. The predicted molar refractivity (Wildman–Crippen MR) is 77.6 cm³/mol. The third-order valence-electron chi connectivity index (χ3n) is 3.41. The van der Waals surface area contributed by atoms with Crippen LogP contribution in [0.5, 0.6) is 0 Å². The first-order chi connectivity index (χ1) is 9.09. The van der Waals surface area contributed by atoms with Crippen molar-refractivity contribution in [1.82, 2.24) is 10.6 Å². The SMILES string of the molecule is CC(CCNC(=O)CCOC1CCNCC1)S(C)=O. The number of carbonyl (C=O) groups excluding carboxylic acids is 1. The van der Waals surface area contributed by atoms with Gasteiger partial charge in [0.1, 0.15) is 0 Å². The van der Waals surface area contributed by atoms with Crippen molar-refractivity contribution >= 4 is 16.7 Å². The summed E-state index contributed by atoms with van der Waals surface area (Å²) in [4.78, 5) is 11.6. The molecule has 6 heteroatoms. The highest BCUT2D eigenvalue weighted by atomic mass is 32.2. The van der Waals surface area contributed by atoms with Gasteiger partial charge >= 0.3 is 0 Å². The Bertz CT molecular complexity index is 294. The summed E-state index contributed by atoms with van der Waals surface area (Å²) in [6.07, 6.45) is 5.22. The number of carbonyl (C=O) groups is 1. The minimum Gasteiger partial charge on any atom is -0.378 e. The molecule has 1 amide bonds. The van der Waals surface area contributed by atoms with E-state index in [1.165, 1.54) is 0 Å². The van der Waals surface area contributed by atoms with Gasteiger partial charge in [-0.2, -0.15) is 0 Å². The van der Waals surface area contributed by atoms with Gasteiger partial charge in [0.25, 0.3) is 0 Å². The van der Waals surface area contributed by atoms with Crippen LogP contribution in [0.25, 0.3) is 0 Å². The molecule has 5 nitrogen and oxygen atoms in total. The van der Waals surface area contributed by atoms with Gasteiger partial charge in [0, 0.05) is 35.3 Å². The van der Waals surface area contributed by atoms with E-state index >= 15 is 0 Å². The molecule has 112 valence electrons. The largest absolute Gasteiger partial charge is 0.378 e. The van der Waals surface area contributed by atoms with Crippen LogP contribution in [0.2, 0.25) is 0 Å². The normalized spacial score (nSPS) is 19.9. The number of amides is 1. The number of rotatable bonds is 8. The summed E-state index contributed by atoms with van der Waals surface area (Å²) in [5.41, 5.74) is 0. The summed E-state index contributed by atoms with van der Waals surface area (Å²) >= 11 is 0. The molecule has 0 spiro atoms. The molecule has 1 fully saturated rings. The summed E-state index contributed by atoms with van der Waals surface area (Å²) in [6, 6.07) is 0. The van der Waals surface area contributed by atoms with Crippen molar-refractivity contribution in [3.63, 3.8) is 0 Å². The maximum absolute atomic E-state index is 11.6. The molecule has 2 unspecified atom stereocenters. The Morgan fingerprint density at radius 3 is 2.79 bits per heavy atom. The van der Waals surface area contributed by atoms with Crippen molar-refractivity contribution in [2.45, 2.75) is 44.0 Å². The molecule has 1 heterocycles. The fourth-order valence-corrected chi connectivity index (χ4v) is 2.40. The van der Waals surface area contributed by atoms with E-state index in [0.29, 0.717) is 25.7 Å². The number of hydrogen-bond acceptors (Lipinski definition) is 4. The molecular weight excluding hydrogens is 264 g/mol. The fraction of sp³-hybridized carbons (Fsp3) is 0.923. The third kappa shape index (κ3) is 7.64. The van der Waals surface area contributed by atoms with Gasteiger partial charge < -0.3 is 15.4 Å². The Kier molecular flexibility index (Phi) is 8.25. The van der Waals surface area contributed by atoms with Gasteiger partial charge in [0.15, 0.2) is 0 Å². The highest BCUT2D eigenvalue weighted by Crippen LogP contribution is 2.07. The van der Waals surface area contributed by atoms with Gasteiger partial charge in [-0.3, -0.25) is 9.00 Å². The van der Waals surface area contributed by atoms with E-state index in [1.807, 2.05) is 6.92 Å². The van der Waals surface area contributed by atoms with E-state index in [9.17, 15) is 9.00 Å². The molecule has 2 atom stereocenters. The lowest BCUT2D eigenvalue weighted by atomic mass is 10.1. The number of piperidine rings is 1. The molecular formula is C13H26N2O3S. The van der Waals surface area contributed by atoms with E-state index < -0.39 is 10.8 Å². The average Bonchev–Trinajstić information content (AvgIpc) is 2.39. The molecule has 0 aromatic carbocycles. The van der Waals surface area contributed by atoms with E-state index in [4.69, 9.17) is 4.74 Å². The summed E-state index contributed by atoms with van der Waals surface area (Å²) < 4.78 is 16.8. The Morgan fingerprint density at radius 1 is 1.47 bits per heavy atom. The molecule has 1 aliphatic heterocycles. The second-order valence-corrected chi connectivity index (χ2v) is 6.82. The van der Waals surface area contributed by atoms with Crippen molar-refractivity contribution in [2.24, 2.45) is 0 Å². The van der Waals surface area contributed by atoms with Crippen molar-refractivity contribution in [3.05, 3.63) is 0 Å². The smallest absolute Gasteiger partial charge is 0.222 e. The molecule has 19 heavy (non-hydrogen) atoms. The Morgan fingerprint density at radius 2 is 2.16 bits per heavy atom. The number of nitrogens with one attached hydrogen (secondary N) is 2. The molecule has 1 aliphatic rings. The van der Waals surface area contributed by atoms with Crippen LogP contribution in [0.15, 0.2) is 0 Å². The fourth-order valence-electron chi connectivity index (χ4n) is 1.95. The minimum absolute atomic E-state index is 0.0167. The Labute approximate surface area is 118 Å². The highest BCUT2D eigenvalue weighted by Gasteiger charge is 2.13. The molecule has 2 N–H and O–H groups in total. The first-order valence-electron chi connectivity index (χ1n) is 7.01. The molecule has 1 saturated heterocycles.